The zero-order chi connectivity index (χ0) is 17.2. The number of H-pyrrole nitrogens is 1. The van der Waals surface area contributed by atoms with Gasteiger partial charge in [0.25, 0.3) is 15.6 Å². The van der Waals surface area contributed by atoms with Gasteiger partial charge in [0.15, 0.2) is 0 Å². The molecular weight excluding hydrogens is 385 g/mol. The van der Waals surface area contributed by atoms with E-state index in [0.29, 0.717) is 11.3 Å². The Morgan fingerprint density at radius 2 is 1.72 bits per heavy atom. The molecule has 9 heteroatoms. The number of aromatic amines is 1. The average molecular weight is 398 g/mol. The first kappa shape index (κ1) is 19.0. The summed E-state index contributed by atoms with van der Waals surface area (Å²) in [6.07, 6.45) is 1.50. The lowest BCUT2D eigenvalue weighted by Crippen LogP contribution is -2.13. The zero-order valence-electron chi connectivity index (χ0n) is 12.6. The molecule has 6 nitrogen and oxygen atoms in total. The standard InChI is InChI=1S/C16H12ClN3O3S.ClH/c17-13-8-9-14(19-16(13)21)11-4-6-12(7-5-11)24(22,23)20-15-3-1-2-10-18-15;/h1-10H,(H,18,20)(H,19,21);1H. The number of sulfonamides is 1. The molecule has 2 heterocycles. The Kier molecular flexibility index (Phi) is 5.84. The SMILES string of the molecule is Cl.O=c1[nH]c(-c2ccc(S(=O)(=O)Nc3ccccn3)cc2)ccc1Cl. The van der Waals surface area contributed by atoms with Crippen LogP contribution in [0.2, 0.25) is 5.02 Å². The molecule has 0 saturated heterocycles. The van der Waals surface area contributed by atoms with Gasteiger partial charge in [-0.2, -0.15) is 0 Å². The third kappa shape index (κ3) is 4.39. The molecule has 0 spiro atoms. The molecule has 0 amide bonds. The first-order valence-corrected chi connectivity index (χ1v) is 8.75. The maximum absolute atomic E-state index is 12.3. The van der Waals surface area contributed by atoms with Crippen LogP contribution in [0.25, 0.3) is 11.3 Å². The van der Waals surface area contributed by atoms with Crippen molar-refractivity contribution in [1.82, 2.24) is 9.97 Å². The number of anilines is 1. The monoisotopic (exact) mass is 397 g/mol. The van der Waals surface area contributed by atoms with Gasteiger partial charge in [-0.15, -0.1) is 12.4 Å². The normalized spacial score (nSPS) is 10.8. The molecule has 0 aliphatic rings. The molecule has 0 unspecified atom stereocenters. The van der Waals surface area contributed by atoms with Crippen molar-refractivity contribution in [3.05, 3.63) is 76.2 Å². The van der Waals surface area contributed by atoms with Crippen LogP contribution in [0, 0.1) is 0 Å². The lowest BCUT2D eigenvalue weighted by molar-refractivity contribution is 0.601. The predicted molar refractivity (Wildman–Crippen MR) is 99.8 cm³/mol. The van der Waals surface area contributed by atoms with Crippen molar-refractivity contribution in [1.29, 1.82) is 0 Å². The number of rotatable bonds is 4. The summed E-state index contributed by atoms with van der Waals surface area (Å²) in [5, 5.41) is 0.0949. The van der Waals surface area contributed by atoms with E-state index in [-0.39, 0.29) is 28.1 Å². The summed E-state index contributed by atoms with van der Waals surface area (Å²) in [7, 11) is -3.73. The molecule has 0 aliphatic heterocycles. The summed E-state index contributed by atoms with van der Waals surface area (Å²) in [4.78, 5) is 18.2. The number of benzene rings is 1. The third-order valence-corrected chi connectivity index (χ3v) is 4.91. The molecule has 2 N–H and O–H groups in total. The van der Waals surface area contributed by atoms with E-state index >= 15 is 0 Å². The number of halogens is 2. The second-order valence-electron chi connectivity index (χ2n) is 4.89. The van der Waals surface area contributed by atoms with Crippen LogP contribution in [-0.4, -0.2) is 18.4 Å². The highest BCUT2D eigenvalue weighted by Gasteiger charge is 2.14. The quantitative estimate of drug-likeness (QED) is 0.705. The average Bonchev–Trinajstić information content (AvgIpc) is 2.58. The van der Waals surface area contributed by atoms with Crippen LogP contribution in [-0.2, 0) is 10.0 Å². The van der Waals surface area contributed by atoms with E-state index in [0.717, 1.165) is 0 Å². The smallest absolute Gasteiger partial charge is 0.267 e. The molecule has 0 bridgehead atoms. The highest BCUT2D eigenvalue weighted by atomic mass is 35.5. The van der Waals surface area contributed by atoms with Crippen molar-refractivity contribution in [2.45, 2.75) is 4.90 Å². The molecule has 3 rings (SSSR count). The molecule has 25 heavy (non-hydrogen) atoms. The highest BCUT2D eigenvalue weighted by Crippen LogP contribution is 2.20. The number of nitrogens with zero attached hydrogens (tertiary/aromatic N) is 1. The summed E-state index contributed by atoms with van der Waals surface area (Å²) in [6.45, 7) is 0. The summed E-state index contributed by atoms with van der Waals surface area (Å²) in [6, 6.07) is 14.2. The fourth-order valence-electron chi connectivity index (χ4n) is 2.06. The second kappa shape index (κ2) is 7.69. The zero-order valence-corrected chi connectivity index (χ0v) is 15.0. The molecule has 2 aromatic heterocycles. The Balaban J connectivity index is 0.00000225. The van der Waals surface area contributed by atoms with Crippen LogP contribution >= 0.6 is 24.0 Å². The van der Waals surface area contributed by atoms with Gasteiger partial charge in [-0.1, -0.05) is 29.8 Å². The van der Waals surface area contributed by atoms with E-state index in [2.05, 4.69) is 14.7 Å². The molecule has 0 saturated carbocycles. The number of hydrogen-bond acceptors (Lipinski definition) is 4. The van der Waals surface area contributed by atoms with Gasteiger partial charge in [-0.05, 0) is 42.0 Å². The Labute approximate surface area is 155 Å². The van der Waals surface area contributed by atoms with Crippen molar-refractivity contribution >= 4 is 39.8 Å². The summed E-state index contributed by atoms with van der Waals surface area (Å²) in [5.41, 5.74) is 0.814. The molecule has 3 aromatic rings. The van der Waals surface area contributed by atoms with Crippen LogP contribution in [0.3, 0.4) is 0 Å². The van der Waals surface area contributed by atoms with Crippen LogP contribution in [0.4, 0.5) is 5.82 Å². The molecule has 130 valence electrons. The number of pyridine rings is 2. The third-order valence-electron chi connectivity index (χ3n) is 3.24. The van der Waals surface area contributed by atoms with Gasteiger partial charge < -0.3 is 4.98 Å². The van der Waals surface area contributed by atoms with Crippen LogP contribution in [0.5, 0.6) is 0 Å². The molecule has 1 aromatic carbocycles. The Bertz CT molecular complexity index is 1020. The minimum absolute atomic E-state index is 0. The predicted octanol–water partition coefficient (Wildman–Crippen LogP) is 3.31. The second-order valence-corrected chi connectivity index (χ2v) is 6.98. The van der Waals surface area contributed by atoms with Gasteiger partial charge in [0.05, 0.1) is 4.90 Å². The van der Waals surface area contributed by atoms with Gasteiger partial charge in [-0.3, -0.25) is 9.52 Å². The first-order chi connectivity index (χ1) is 11.5. The van der Waals surface area contributed by atoms with Crippen molar-refractivity contribution < 1.29 is 8.42 Å². The summed E-state index contributed by atoms with van der Waals surface area (Å²) in [5.74, 6) is 0.239. The lowest BCUT2D eigenvalue weighted by atomic mass is 10.1. The van der Waals surface area contributed by atoms with Gasteiger partial charge in [0, 0.05) is 11.9 Å². The van der Waals surface area contributed by atoms with Crippen molar-refractivity contribution in [3.63, 3.8) is 0 Å². The largest absolute Gasteiger partial charge is 0.321 e. The maximum atomic E-state index is 12.3. The number of nitrogens with one attached hydrogen (secondary N) is 2. The fourth-order valence-corrected chi connectivity index (χ4v) is 3.18. The molecule has 0 fully saturated rings. The Morgan fingerprint density at radius 1 is 1.00 bits per heavy atom. The van der Waals surface area contributed by atoms with Gasteiger partial charge in [0.2, 0.25) is 0 Å². The molecule has 0 radical (unpaired) electrons. The fraction of sp³-hybridized carbons (Fsp3) is 0. The van der Waals surface area contributed by atoms with Crippen molar-refractivity contribution in [3.8, 4) is 11.3 Å². The minimum atomic E-state index is -3.73. The maximum Gasteiger partial charge on any atom is 0.267 e. The van der Waals surface area contributed by atoms with Crippen LogP contribution in [0.1, 0.15) is 0 Å². The van der Waals surface area contributed by atoms with E-state index in [9.17, 15) is 13.2 Å². The number of aromatic nitrogens is 2. The molecule has 0 atom stereocenters. The topological polar surface area (TPSA) is 91.9 Å². The van der Waals surface area contributed by atoms with Crippen molar-refractivity contribution in [2.24, 2.45) is 0 Å². The highest BCUT2D eigenvalue weighted by molar-refractivity contribution is 7.92. The Hall–Kier alpha value is -2.35. The van der Waals surface area contributed by atoms with Gasteiger partial charge in [0.1, 0.15) is 10.8 Å². The van der Waals surface area contributed by atoms with E-state index in [1.165, 1.54) is 24.4 Å². The summed E-state index contributed by atoms with van der Waals surface area (Å²) < 4.78 is 27.0. The van der Waals surface area contributed by atoms with E-state index in [1.54, 1.807) is 36.4 Å². The molecule has 0 aliphatic carbocycles. The van der Waals surface area contributed by atoms with E-state index in [1.807, 2.05) is 0 Å². The Morgan fingerprint density at radius 3 is 2.32 bits per heavy atom. The van der Waals surface area contributed by atoms with Crippen LogP contribution < -0.4 is 10.3 Å². The van der Waals surface area contributed by atoms with Crippen LogP contribution in [0.15, 0.2) is 70.5 Å². The van der Waals surface area contributed by atoms with Gasteiger partial charge in [-0.25, -0.2) is 13.4 Å². The van der Waals surface area contributed by atoms with Gasteiger partial charge >= 0.3 is 0 Å². The van der Waals surface area contributed by atoms with Crippen molar-refractivity contribution in [2.75, 3.05) is 4.72 Å². The van der Waals surface area contributed by atoms with E-state index < -0.39 is 15.6 Å². The van der Waals surface area contributed by atoms with E-state index in [4.69, 9.17) is 11.6 Å². The lowest BCUT2D eigenvalue weighted by Gasteiger charge is -2.08. The summed E-state index contributed by atoms with van der Waals surface area (Å²) >= 11 is 5.69. The first-order valence-electron chi connectivity index (χ1n) is 6.89. The number of hydrogen-bond donors (Lipinski definition) is 2. The molecular formula is C16H13Cl2N3O3S. The minimum Gasteiger partial charge on any atom is -0.321 e.